The highest BCUT2D eigenvalue weighted by atomic mass is 35.5. The Kier molecular flexibility index (Phi) is 11.3. The summed E-state index contributed by atoms with van der Waals surface area (Å²) < 4.78 is 16.0. The van der Waals surface area contributed by atoms with Crippen LogP contribution >= 0.6 is 11.6 Å². The van der Waals surface area contributed by atoms with Crippen molar-refractivity contribution in [1.82, 2.24) is 29.1 Å². The number of amides is 2. The molecule has 62 heavy (non-hydrogen) atoms. The third kappa shape index (κ3) is 7.55. The Bertz CT molecular complexity index is 2740. The first-order valence-corrected chi connectivity index (χ1v) is 21.1. The zero-order chi connectivity index (χ0) is 42.7. The van der Waals surface area contributed by atoms with E-state index >= 15 is 0 Å². The number of hydrogen-bond acceptors (Lipinski definition) is 9. The van der Waals surface area contributed by atoms with Gasteiger partial charge in [0.05, 0.1) is 13.1 Å². The summed E-state index contributed by atoms with van der Waals surface area (Å²) in [5.74, 6) is 0.0916. The van der Waals surface area contributed by atoms with Crippen molar-refractivity contribution >= 4 is 62.4 Å². The van der Waals surface area contributed by atoms with Crippen molar-refractivity contribution in [3.8, 4) is 34.3 Å². The number of nitrogen functional groups attached to an aromatic ring is 1. The van der Waals surface area contributed by atoms with Crippen LogP contribution in [0.25, 0.3) is 44.3 Å². The number of carbonyl (C=O) groups excluding carboxylic acids is 2. The molecule has 6 heterocycles. The number of benzene rings is 4. The SMILES string of the molecule is CCCn1c(-c2ccccc2)cc2cc(N3CCOc4ncnc(Cl)c4C3=O)ccc21.CCCn1c(-c2ccccc2)cc2cc(N3CCOc4ncnc(N)c4C3=O)ccc21. The first-order valence-electron chi connectivity index (χ1n) is 20.7. The predicted octanol–water partition coefficient (Wildman–Crippen LogP) is 9.33. The van der Waals surface area contributed by atoms with Crippen molar-refractivity contribution in [1.29, 1.82) is 0 Å². The molecule has 0 atom stereocenters. The van der Waals surface area contributed by atoms with E-state index in [1.165, 1.54) is 35.2 Å². The summed E-state index contributed by atoms with van der Waals surface area (Å²) in [6.45, 7) is 7.66. The van der Waals surface area contributed by atoms with Crippen LogP contribution in [0.5, 0.6) is 11.8 Å². The molecule has 14 heteroatoms. The summed E-state index contributed by atoms with van der Waals surface area (Å²) >= 11 is 6.20. The Morgan fingerprint density at radius 1 is 0.597 bits per heavy atom. The normalized spacial score (nSPS) is 13.7. The minimum absolute atomic E-state index is 0.100. The topological polar surface area (TPSA) is 147 Å². The van der Waals surface area contributed by atoms with Gasteiger partial charge in [-0.15, -0.1) is 0 Å². The van der Waals surface area contributed by atoms with Crippen molar-refractivity contribution in [3.63, 3.8) is 0 Å². The average Bonchev–Trinajstić information content (AvgIpc) is 3.71. The number of ether oxygens (including phenoxy) is 2. The number of anilines is 3. The summed E-state index contributed by atoms with van der Waals surface area (Å²) in [6, 6.07) is 37.3. The number of aryl methyl sites for hydroxylation is 2. The van der Waals surface area contributed by atoms with Gasteiger partial charge >= 0.3 is 0 Å². The van der Waals surface area contributed by atoms with Crippen molar-refractivity contribution in [2.75, 3.05) is 41.8 Å². The molecule has 0 saturated carbocycles. The fourth-order valence-corrected chi connectivity index (χ4v) is 8.45. The van der Waals surface area contributed by atoms with Gasteiger partial charge in [-0.25, -0.2) is 19.9 Å². The average molecular weight is 846 g/mol. The van der Waals surface area contributed by atoms with Gasteiger partial charge in [0.25, 0.3) is 11.8 Å². The third-order valence-electron chi connectivity index (χ3n) is 11.1. The van der Waals surface area contributed by atoms with Gasteiger partial charge in [-0.05, 0) is 72.5 Å². The van der Waals surface area contributed by atoms with Crippen LogP contribution in [-0.2, 0) is 13.1 Å². The zero-order valence-corrected chi connectivity index (χ0v) is 35.1. The molecule has 2 aliphatic heterocycles. The Balaban J connectivity index is 0.000000158. The molecular formula is C48H44ClN9O4. The summed E-state index contributed by atoms with van der Waals surface area (Å²) in [4.78, 5) is 46.0. The van der Waals surface area contributed by atoms with Gasteiger partial charge in [0.15, 0.2) is 0 Å². The van der Waals surface area contributed by atoms with Crippen LogP contribution in [0.1, 0.15) is 47.4 Å². The predicted molar refractivity (Wildman–Crippen MR) is 243 cm³/mol. The number of halogens is 1. The highest BCUT2D eigenvalue weighted by Gasteiger charge is 2.31. The van der Waals surface area contributed by atoms with E-state index in [9.17, 15) is 9.59 Å². The molecule has 0 radical (unpaired) electrons. The molecule has 0 spiro atoms. The number of nitrogens with zero attached hydrogens (tertiary/aromatic N) is 8. The van der Waals surface area contributed by atoms with Crippen LogP contribution in [0.15, 0.2) is 122 Å². The molecule has 2 aliphatic rings. The third-order valence-corrected chi connectivity index (χ3v) is 11.3. The maximum atomic E-state index is 13.3. The minimum Gasteiger partial charge on any atom is -0.475 e. The largest absolute Gasteiger partial charge is 0.475 e. The molecule has 13 nitrogen and oxygen atoms in total. The van der Waals surface area contributed by atoms with Crippen molar-refractivity contribution < 1.29 is 19.1 Å². The van der Waals surface area contributed by atoms with Gasteiger partial charge < -0.3 is 34.1 Å². The number of nitrogens with two attached hydrogens (primary N) is 1. The van der Waals surface area contributed by atoms with Crippen LogP contribution in [0.2, 0.25) is 5.15 Å². The second-order valence-corrected chi connectivity index (χ2v) is 15.3. The second-order valence-electron chi connectivity index (χ2n) is 15.0. The monoisotopic (exact) mass is 845 g/mol. The molecule has 0 aliphatic carbocycles. The van der Waals surface area contributed by atoms with E-state index in [1.807, 2.05) is 36.4 Å². The molecule has 10 rings (SSSR count). The highest BCUT2D eigenvalue weighted by molar-refractivity contribution is 6.33. The van der Waals surface area contributed by atoms with Gasteiger partial charge in [-0.2, -0.15) is 0 Å². The fourth-order valence-electron chi connectivity index (χ4n) is 8.24. The van der Waals surface area contributed by atoms with Gasteiger partial charge in [0.2, 0.25) is 11.8 Å². The quantitative estimate of drug-likeness (QED) is 0.148. The van der Waals surface area contributed by atoms with E-state index in [4.69, 9.17) is 26.8 Å². The lowest BCUT2D eigenvalue weighted by Crippen LogP contribution is -2.32. The lowest BCUT2D eigenvalue weighted by Gasteiger charge is -2.20. The molecule has 2 N–H and O–H groups in total. The van der Waals surface area contributed by atoms with Gasteiger partial charge in [0.1, 0.15) is 48.0 Å². The van der Waals surface area contributed by atoms with Crippen molar-refractivity contribution in [2.24, 2.45) is 0 Å². The summed E-state index contributed by atoms with van der Waals surface area (Å²) in [6.07, 6.45) is 4.68. The first-order chi connectivity index (χ1) is 30.3. The molecule has 0 fully saturated rings. The fraction of sp³-hybridized carbons (Fsp3) is 0.208. The van der Waals surface area contributed by atoms with Gasteiger partial charge in [0, 0.05) is 57.7 Å². The van der Waals surface area contributed by atoms with Crippen LogP contribution in [0.4, 0.5) is 17.2 Å². The Morgan fingerprint density at radius 2 is 1.06 bits per heavy atom. The lowest BCUT2D eigenvalue weighted by molar-refractivity contribution is 0.0982. The standard InChI is InChI=1S/C24H21ClN4O2.C24H23N5O2/c2*1-2-10-29-19-9-8-18(13-17(19)14-20(29)16-6-4-3-5-7-16)28-11-12-31-23-21(24(28)30)22(25)26-15-27-23/h3-9,13-15H,2,10-12H2,1H3;3-9,13-15H,2,10-12H2,1H3,(H2,25,26,27). The molecule has 8 aromatic rings. The smallest absolute Gasteiger partial charge is 0.267 e. The molecule has 0 unspecified atom stereocenters. The molecule has 0 bridgehead atoms. The van der Waals surface area contributed by atoms with E-state index < -0.39 is 0 Å². The Hall–Kier alpha value is -7.25. The molecule has 0 saturated heterocycles. The molecule has 4 aromatic carbocycles. The van der Waals surface area contributed by atoms with Crippen LogP contribution in [-0.4, -0.2) is 67.2 Å². The Morgan fingerprint density at radius 3 is 1.56 bits per heavy atom. The van der Waals surface area contributed by atoms with Gasteiger partial charge in [-0.1, -0.05) is 86.1 Å². The van der Waals surface area contributed by atoms with Crippen molar-refractivity contribution in [2.45, 2.75) is 39.8 Å². The number of hydrogen-bond donors (Lipinski definition) is 1. The molecule has 312 valence electrons. The maximum absolute atomic E-state index is 13.3. The van der Waals surface area contributed by atoms with E-state index in [2.05, 4.69) is 116 Å². The van der Waals surface area contributed by atoms with Crippen LogP contribution in [0.3, 0.4) is 0 Å². The number of aromatic nitrogens is 6. The Labute approximate surface area is 363 Å². The maximum Gasteiger partial charge on any atom is 0.267 e. The van der Waals surface area contributed by atoms with Crippen molar-refractivity contribution in [3.05, 3.63) is 138 Å². The summed E-state index contributed by atoms with van der Waals surface area (Å²) in [5, 5.41) is 2.27. The van der Waals surface area contributed by atoms with E-state index in [-0.39, 0.29) is 45.7 Å². The molecule has 2 amide bonds. The van der Waals surface area contributed by atoms with Gasteiger partial charge in [-0.3, -0.25) is 9.59 Å². The number of carbonyl (C=O) groups is 2. The number of fused-ring (bicyclic) bond motifs is 4. The van der Waals surface area contributed by atoms with Crippen LogP contribution < -0.4 is 25.0 Å². The van der Waals surface area contributed by atoms with E-state index in [0.717, 1.165) is 59.1 Å². The summed E-state index contributed by atoms with van der Waals surface area (Å²) in [5.41, 5.74) is 15.0. The van der Waals surface area contributed by atoms with E-state index in [1.54, 1.807) is 9.80 Å². The molecular weight excluding hydrogens is 802 g/mol. The van der Waals surface area contributed by atoms with Crippen LogP contribution in [0, 0.1) is 0 Å². The van der Waals surface area contributed by atoms with E-state index in [0.29, 0.717) is 26.3 Å². The lowest BCUT2D eigenvalue weighted by atomic mass is 10.1. The number of rotatable bonds is 8. The summed E-state index contributed by atoms with van der Waals surface area (Å²) in [7, 11) is 0. The first kappa shape index (κ1) is 40.2. The molecule has 4 aromatic heterocycles. The highest BCUT2D eigenvalue weighted by Crippen LogP contribution is 2.36. The second kappa shape index (κ2) is 17.4. The minimum atomic E-state index is -0.256. The zero-order valence-electron chi connectivity index (χ0n) is 34.4.